The molecular formula is C20H26N2O4S. The molecule has 3 rings (SSSR count). The van der Waals surface area contributed by atoms with E-state index in [0.717, 1.165) is 49.7 Å². The Labute approximate surface area is 162 Å². The number of nitrogens with one attached hydrogen (secondary N) is 1. The molecule has 0 radical (unpaired) electrons. The van der Waals surface area contributed by atoms with Crippen LogP contribution in [0.5, 0.6) is 0 Å². The molecule has 0 unspecified atom stereocenters. The van der Waals surface area contributed by atoms with Crippen molar-refractivity contribution in [1.82, 2.24) is 10.2 Å². The van der Waals surface area contributed by atoms with Gasteiger partial charge in [-0.2, -0.15) is 0 Å². The van der Waals surface area contributed by atoms with Gasteiger partial charge in [-0.25, -0.2) is 0 Å². The molecule has 27 heavy (non-hydrogen) atoms. The van der Waals surface area contributed by atoms with Crippen molar-refractivity contribution in [3.63, 3.8) is 0 Å². The molecule has 2 heterocycles. The van der Waals surface area contributed by atoms with Gasteiger partial charge in [0, 0.05) is 24.5 Å². The minimum atomic E-state index is -1.20. The van der Waals surface area contributed by atoms with E-state index in [-0.39, 0.29) is 17.4 Å². The van der Waals surface area contributed by atoms with Crippen molar-refractivity contribution in [2.45, 2.75) is 24.0 Å². The first-order valence-electron chi connectivity index (χ1n) is 9.24. The first-order valence-corrected chi connectivity index (χ1v) is 10.6. The highest BCUT2D eigenvalue weighted by atomic mass is 32.2. The van der Waals surface area contributed by atoms with Gasteiger partial charge in [0.15, 0.2) is 5.76 Å². The molecule has 1 fully saturated rings. The van der Waals surface area contributed by atoms with Gasteiger partial charge in [-0.1, -0.05) is 18.2 Å². The second kappa shape index (κ2) is 9.82. The monoisotopic (exact) mass is 390 g/mol. The number of amides is 1. The number of carbonyl (C=O) groups excluding carboxylic acids is 1. The van der Waals surface area contributed by atoms with E-state index in [1.165, 1.54) is 0 Å². The van der Waals surface area contributed by atoms with E-state index in [0.29, 0.717) is 12.3 Å². The minimum Gasteiger partial charge on any atom is -0.455 e. The zero-order chi connectivity index (χ0) is 19.1. The van der Waals surface area contributed by atoms with E-state index in [1.807, 2.05) is 31.2 Å². The first kappa shape index (κ1) is 19.8. The van der Waals surface area contributed by atoms with Crippen molar-refractivity contribution in [3.8, 4) is 0 Å². The molecule has 0 saturated carbocycles. The maximum atomic E-state index is 12.5. The lowest BCUT2D eigenvalue weighted by Gasteiger charge is -2.26. The standard InChI is InChI=1S/C20H26N2O4S/c1-16-5-2-3-6-19(16)27(24)15-17-7-8-18(26-17)20(23)21-9-4-10-22-11-13-25-14-12-22/h2-3,5-8H,4,9-15H2,1H3,(H,21,23)/t27-/m0/s1. The van der Waals surface area contributed by atoms with Crippen molar-refractivity contribution in [2.75, 3.05) is 39.4 Å². The predicted octanol–water partition coefficient (Wildman–Crippen LogP) is 2.35. The van der Waals surface area contributed by atoms with Crippen LogP contribution in [0.4, 0.5) is 0 Å². The molecule has 0 bridgehead atoms. The molecule has 0 aliphatic carbocycles. The highest BCUT2D eigenvalue weighted by molar-refractivity contribution is 7.84. The van der Waals surface area contributed by atoms with Gasteiger partial charge in [-0.3, -0.25) is 13.9 Å². The third kappa shape index (κ3) is 5.76. The number of furan rings is 1. The summed E-state index contributed by atoms with van der Waals surface area (Å²) in [6.45, 7) is 6.95. The number of rotatable bonds is 8. The maximum Gasteiger partial charge on any atom is 0.286 e. The van der Waals surface area contributed by atoms with Crippen LogP contribution < -0.4 is 5.32 Å². The fourth-order valence-electron chi connectivity index (χ4n) is 3.01. The Hall–Kier alpha value is -1.96. The van der Waals surface area contributed by atoms with E-state index in [9.17, 15) is 9.00 Å². The van der Waals surface area contributed by atoms with E-state index >= 15 is 0 Å². The molecule has 1 aromatic carbocycles. The Balaban J connectivity index is 1.44. The number of morpholine rings is 1. The summed E-state index contributed by atoms with van der Waals surface area (Å²) in [4.78, 5) is 15.3. The summed E-state index contributed by atoms with van der Waals surface area (Å²) in [5, 5.41) is 2.88. The zero-order valence-electron chi connectivity index (χ0n) is 15.6. The Morgan fingerprint density at radius 1 is 1.19 bits per heavy atom. The second-order valence-corrected chi connectivity index (χ2v) is 8.00. The molecule has 2 aromatic rings. The molecule has 146 valence electrons. The molecular weight excluding hydrogens is 364 g/mol. The van der Waals surface area contributed by atoms with E-state index in [2.05, 4.69) is 10.2 Å². The maximum absolute atomic E-state index is 12.5. The van der Waals surface area contributed by atoms with Crippen molar-refractivity contribution in [1.29, 1.82) is 0 Å². The van der Waals surface area contributed by atoms with Gasteiger partial charge >= 0.3 is 0 Å². The Bertz CT molecular complexity index is 784. The molecule has 1 N–H and O–H groups in total. The molecule has 1 aliphatic heterocycles. The van der Waals surface area contributed by atoms with Gasteiger partial charge in [-0.05, 0) is 43.7 Å². The van der Waals surface area contributed by atoms with Crippen molar-refractivity contribution >= 4 is 16.7 Å². The minimum absolute atomic E-state index is 0.232. The van der Waals surface area contributed by atoms with Gasteiger partial charge < -0.3 is 14.5 Å². The summed E-state index contributed by atoms with van der Waals surface area (Å²) in [5.74, 6) is 0.841. The highest BCUT2D eigenvalue weighted by Crippen LogP contribution is 2.18. The number of benzene rings is 1. The second-order valence-electron chi connectivity index (χ2n) is 6.58. The van der Waals surface area contributed by atoms with Crippen LogP contribution in [0.25, 0.3) is 0 Å². The lowest BCUT2D eigenvalue weighted by molar-refractivity contribution is 0.0374. The van der Waals surface area contributed by atoms with Crippen LogP contribution in [-0.4, -0.2) is 54.4 Å². The predicted molar refractivity (Wildman–Crippen MR) is 104 cm³/mol. The lowest BCUT2D eigenvalue weighted by Crippen LogP contribution is -2.38. The molecule has 6 nitrogen and oxygen atoms in total. The first-order chi connectivity index (χ1) is 13.1. The number of nitrogens with zero attached hydrogens (tertiary/aromatic N) is 1. The highest BCUT2D eigenvalue weighted by Gasteiger charge is 2.15. The van der Waals surface area contributed by atoms with Crippen LogP contribution in [0, 0.1) is 6.92 Å². The summed E-state index contributed by atoms with van der Waals surface area (Å²) < 4.78 is 23.4. The number of hydrogen-bond acceptors (Lipinski definition) is 5. The van der Waals surface area contributed by atoms with Gasteiger partial charge in [-0.15, -0.1) is 0 Å². The Kier molecular flexibility index (Phi) is 7.20. The molecule has 7 heteroatoms. The van der Waals surface area contributed by atoms with Gasteiger partial charge in [0.25, 0.3) is 5.91 Å². The average molecular weight is 391 g/mol. The zero-order valence-corrected chi connectivity index (χ0v) is 16.4. The van der Waals surface area contributed by atoms with Crippen LogP contribution in [0.3, 0.4) is 0 Å². The van der Waals surface area contributed by atoms with Gasteiger partial charge in [0.2, 0.25) is 0 Å². The molecule has 1 amide bonds. The van der Waals surface area contributed by atoms with Crippen molar-refractivity contribution in [3.05, 3.63) is 53.5 Å². The van der Waals surface area contributed by atoms with Crippen LogP contribution in [-0.2, 0) is 21.3 Å². The third-order valence-electron chi connectivity index (χ3n) is 4.54. The van der Waals surface area contributed by atoms with Crippen LogP contribution in [0.15, 0.2) is 45.7 Å². The SMILES string of the molecule is Cc1ccccc1[S@@](=O)Cc1ccc(C(=O)NCCCN2CCOCC2)o1. The third-order valence-corrected chi connectivity index (χ3v) is 6.03. The molecule has 1 atom stereocenters. The number of aryl methyl sites for hydroxylation is 1. The van der Waals surface area contributed by atoms with Crippen LogP contribution in [0.1, 0.15) is 28.3 Å². The number of ether oxygens (including phenoxy) is 1. The lowest BCUT2D eigenvalue weighted by atomic mass is 10.2. The summed E-state index contributed by atoms with van der Waals surface area (Å²) in [7, 11) is -1.20. The molecule has 1 saturated heterocycles. The molecule has 0 spiro atoms. The van der Waals surface area contributed by atoms with E-state index in [4.69, 9.17) is 9.15 Å². The van der Waals surface area contributed by atoms with Gasteiger partial charge in [0.05, 0.1) is 29.8 Å². The Morgan fingerprint density at radius 2 is 1.96 bits per heavy atom. The van der Waals surface area contributed by atoms with E-state index < -0.39 is 10.8 Å². The summed E-state index contributed by atoms with van der Waals surface area (Å²) in [6.07, 6.45) is 0.886. The fourth-order valence-corrected chi connectivity index (χ4v) is 4.24. The van der Waals surface area contributed by atoms with Gasteiger partial charge in [0.1, 0.15) is 5.76 Å². The summed E-state index contributed by atoms with van der Waals surface area (Å²) in [5.41, 5.74) is 0.987. The number of carbonyl (C=O) groups is 1. The quantitative estimate of drug-likeness (QED) is 0.701. The largest absolute Gasteiger partial charge is 0.455 e. The Morgan fingerprint density at radius 3 is 2.74 bits per heavy atom. The number of hydrogen-bond donors (Lipinski definition) is 1. The van der Waals surface area contributed by atoms with E-state index in [1.54, 1.807) is 12.1 Å². The van der Waals surface area contributed by atoms with Crippen LogP contribution in [0.2, 0.25) is 0 Å². The normalized spacial score (nSPS) is 16.2. The summed E-state index contributed by atoms with van der Waals surface area (Å²) in [6, 6.07) is 10.9. The molecule has 1 aliphatic rings. The van der Waals surface area contributed by atoms with Crippen LogP contribution >= 0.6 is 0 Å². The van der Waals surface area contributed by atoms with Crippen molar-refractivity contribution < 1.29 is 18.2 Å². The molecule has 1 aromatic heterocycles. The fraction of sp³-hybridized carbons (Fsp3) is 0.450. The van der Waals surface area contributed by atoms with Crippen molar-refractivity contribution in [2.24, 2.45) is 0 Å². The topological polar surface area (TPSA) is 71.8 Å². The summed E-state index contributed by atoms with van der Waals surface area (Å²) >= 11 is 0. The smallest absolute Gasteiger partial charge is 0.286 e. The average Bonchev–Trinajstić information content (AvgIpc) is 3.15.